The first-order valence-corrected chi connectivity index (χ1v) is 9.53. The predicted molar refractivity (Wildman–Crippen MR) is 122 cm³/mol. The molecule has 0 aromatic carbocycles. The molecule has 2 rings (SSSR count). The Balaban J connectivity index is 0.00000338. The quantitative estimate of drug-likeness (QED) is 0.331. The van der Waals surface area contributed by atoms with Crippen molar-refractivity contribution in [3.63, 3.8) is 0 Å². The van der Waals surface area contributed by atoms with E-state index in [1.54, 1.807) is 6.20 Å². The van der Waals surface area contributed by atoms with Gasteiger partial charge in [-0.15, -0.1) is 24.0 Å². The molecule has 1 aromatic heterocycles. The predicted octanol–water partition coefficient (Wildman–Crippen LogP) is 2.83. The fourth-order valence-corrected chi connectivity index (χ4v) is 3.21. The summed E-state index contributed by atoms with van der Waals surface area (Å²) in [5.41, 5.74) is 0. The molecule has 1 unspecified atom stereocenters. The number of likely N-dealkylation sites (N-methyl/N-ethyl adjacent to an activating group) is 1. The van der Waals surface area contributed by atoms with E-state index in [1.165, 1.54) is 12.8 Å². The van der Waals surface area contributed by atoms with E-state index in [1.807, 2.05) is 19.2 Å². The highest BCUT2D eigenvalue weighted by molar-refractivity contribution is 14.0. The number of halogens is 2. The molecule has 2 N–H and O–H groups in total. The lowest BCUT2D eigenvalue weighted by Crippen LogP contribution is -2.46. The molecule has 0 amide bonds. The molecule has 1 aliphatic heterocycles. The normalized spacial score (nSPS) is 17.3. The molecule has 1 fully saturated rings. The van der Waals surface area contributed by atoms with Gasteiger partial charge in [-0.25, -0.2) is 4.98 Å². The lowest BCUT2D eigenvalue weighted by Gasteiger charge is -2.21. The third-order valence-electron chi connectivity index (χ3n) is 4.47. The Morgan fingerprint density at radius 1 is 1.46 bits per heavy atom. The lowest BCUT2D eigenvalue weighted by molar-refractivity contribution is 0.332. The Labute approximate surface area is 179 Å². The summed E-state index contributed by atoms with van der Waals surface area (Å²) in [5, 5.41) is 7.63. The van der Waals surface area contributed by atoms with Crippen molar-refractivity contribution >= 4 is 47.4 Å². The highest BCUT2D eigenvalue weighted by Crippen LogP contribution is 2.25. The fourth-order valence-electron chi connectivity index (χ4n) is 2.97. The molecule has 0 aliphatic carbocycles. The van der Waals surface area contributed by atoms with Gasteiger partial charge in [0.15, 0.2) is 5.96 Å². The molecular formula is C18H32ClIN6. The maximum Gasteiger partial charge on any atom is 0.191 e. The van der Waals surface area contributed by atoms with Crippen LogP contribution in [0.5, 0.6) is 0 Å². The van der Waals surface area contributed by atoms with E-state index in [0.717, 1.165) is 50.9 Å². The summed E-state index contributed by atoms with van der Waals surface area (Å²) in [4.78, 5) is 13.3. The molecule has 8 heteroatoms. The van der Waals surface area contributed by atoms with Gasteiger partial charge >= 0.3 is 0 Å². The number of nitrogens with zero attached hydrogens (tertiary/aromatic N) is 4. The van der Waals surface area contributed by atoms with Crippen LogP contribution in [0.3, 0.4) is 0 Å². The SMILES string of the molecule is CCCCN(C)CCNC(=NC)NC1CCN(c2ncccc2Cl)C1.I. The van der Waals surface area contributed by atoms with E-state index in [4.69, 9.17) is 11.6 Å². The summed E-state index contributed by atoms with van der Waals surface area (Å²) >= 11 is 6.25. The number of aliphatic imine (C=N–C) groups is 1. The number of pyridine rings is 1. The summed E-state index contributed by atoms with van der Waals surface area (Å²) in [6.45, 7) is 7.11. The summed E-state index contributed by atoms with van der Waals surface area (Å²) in [6.07, 6.45) is 5.32. The van der Waals surface area contributed by atoms with Gasteiger partial charge in [-0.3, -0.25) is 4.99 Å². The van der Waals surface area contributed by atoms with Crippen LogP contribution in [-0.2, 0) is 0 Å². The Morgan fingerprint density at radius 2 is 2.27 bits per heavy atom. The van der Waals surface area contributed by atoms with Crippen LogP contribution in [0, 0.1) is 0 Å². The molecule has 1 aliphatic rings. The van der Waals surface area contributed by atoms with Crippen molar-refractivity contribution < 1.29 is 0 Å². The van der Waals surface area contributed by atoms with Gasteiger partial charge in [-0.1, -0.05) is 24.9 Å². The molecule has 2 heterocycles. The average Bonchev–Trinajstić information content (AvgIpc) is 3.07. The molecule has 1 saturated heterocycles. The third-order valence-corrected chi connectivity index (χ3v) is 4.77. The maximum atomic E-state index is 6.25. The smallest absolute Gasteiger partial charge is 0.191 e. The third kappa shape index (κ3) is 7.44. The van der Waals surface area contributed by atoms with Crippen molar-refractivity contribution in [1.82, 2.24) is 20.5 Å². The monoisotopic (exact) mass is 494 g/mol. The van der Waals surface area contributed by atoms with Crippen molar-refractivity contribution in [3.8, 4) is 0 Å². The Kier molecular flexibility index (Phi) is 11.2. The van der Waals surface area contributed by atoms with Crippen LogP contribution < -0.4 is 15.5 Å². The Bertz CT molecular complexity index is 556. The molecule has 26 heavy (non-hydrogen) atoms. The van der Waals surface area contributed by atoms with Gasteiger partial charge in [0.2, 0.25) is 0 Å². The van der Waals surface area contributed by atoms with Crippen molar-refractivity contribution in [2.24, 2.45) is 4.99 Å². The summed E-state index contributed by atoms with van der Waals surface area (Å²) in [7, 11) is 3.98. The summed E-state index contributed by atoms with van der Waals surface area (Å²) < 4.78 is 0. The topological polar surface area (TPSA) is 55.8 Å². The van der Waals surface area contributed by atoms with E-state index in [2.05, 4.69) is 44.4 Å². The first-order valence-electron chi connectivity index (χ1n) is 9.15. The van der Waals surface area contributed by atoms with Crippen molar-refractivity contribution in [1.29, 1.82) is 0 Å². The van der Waals surface area contributed by atoms with Gasteiger partial charge in [0.1, 0.15) is 5.82 Å². The van der Waals surface area contributed by atoms with Crippen molar-refractivity contribution in [2.75, 3.05) is 51.7 Å². The summed E-state index contributed by atoms with van der Waals surface area (Å²) in [5.74, 6) is 1.73. The molecule has 0 spiro atoms. The zero-order chi connectivity index (χ0) is 18.1. The molecule has 1 atom stereocenters. The second kappa shape index (κ2) is 12.6. The number of guanidine groups is 1. The fraction of sp³-hybridized carbons (Fsp3) is 0.667. The molecule has 148 valence electrons. The van der Waals surface area contributed by atoms with E-state index < -0.39 is 0 Å². The molecule has 6 nitrogen and oxygen atoms in total. The van der Waals surface area contributed by atoms with Gasteiger partial charge in [0, 0.05) is 45.5 Å². The highest BCUT2D eigenvalue weighted by atomic mass is 127. The molecule has 0 radical (unpaired) electrons. The lowest BCUT2D eigenvalue weighted by atomic mass is 10.3. The van der Waals surface area contributed by atoms with Gasteiger partial charge in [0.05, 0.1) is 5.02 Å². The number of nitrogens with one attached hydrogen (secondary N) is 2. The van der Waals surface area contributed by atoms with Gasteiger partial charge < -0.3 is 20.4 Å². The largest absolute Gasteiger partial charge is 0.355 e. The van der Waals surface area contributed by atoms with E-state index in [9.17, 15) is 0 Å². The molecule has 0 bridgehead atoms. The first kappa shape index (κ1) is 23.2. The van der Waals surface area contributed by atoms with Gasteiger partial charge in [-0.2, -0.15) is 0 Å². The van der Waals surface area contributed by atoms with Gasteiger partial charge in [-0.05, 0) is 38.6 Å². The second-order valence-electron chi connectivity index (χ2n) is 6.54. The van der Waals surface area contributed by atoms with Crippen molar-refractivity contribution in [3.05, 3.63) is 23.4 Å². The van der Waals surface area contributed by atoms with Crippen LogP contribution in [-0.4, -0.2) is 68.7 Å². The molecule has 0 saturated carbocycles. The van der Waals surface area contributed by atoms with Crippen LogP contribution in [0.25, 0.3) is 0 Å². The minimum absolute atomic E-state index is 0. The maximum absolute atomic E-state index is 6.25. The highest BCUT2D eigenvalue weighted by Gasteiger charge is 2.25. The number of anilines is 1. The molecular weight excluding hydrogens is 463 g/mol. The standard InChI is InChI=1S/C18H31ClN6.HI/c1-4-5-11-24(3)13-10-22-18(20-2)23-15-8-12-25(14-15)17-16(19)7-6-9-21-17;/h6-7,9,15H,4-5,8,10-14H2,1-3H3,(H2,20,22,23);1H. The average molecular weight is 495 g/mol. The zero-order valence-corrected chi connectivity index (χ0v) is 19.1. The Morgan fingerprint density at radius 3 is 2.96 bits per heavy atom. The molecule has 1 aromatic rings. The van der Waals surface area contributed by atoms with Crippen LogP contribution in [0.15, 0.2) is 23.3 Å². The van der Waals surface area contributed by atoms with E-state index >= 15 is 0 Å². The van der Waals surface area contributed by atoms with Crippen LogP contribution >= 0.6 is 35.6 Å². The van der Waals surface area contributed by atoms with Crippen molar-refractivity contribution in [2.45, 2.75) is 32.2 Å². The summed E-state index contributed by atoms with van der Waals surface area (Å²) in [6, 6.07) is 4.10. The number of rotatable bonds is 8. The number of aromatic nitrogens is 1. The number of hydrogen-bond donors (Lipinski definition) is 2. The first-order chi connectivity index (χ1) is 12.1. The van der Waals surface area contributed by atoms with Crippen LogP contribution in [0.4, 0.5) is 5.82 Å². The van der Waals surface area contributed by atoms with E-state index in [-0.39, 0.29) is 24.0 Å². The van der Waals surface area contributed by atoms with Crippen LogP contribution in [0.2, 0.25) is 5.02 Å². The zero-order valence-electron chi connectivity index (χ0n) is 16.0. The Hall–Kier alpha value is -0.800. The number of hydrogen-bond acceptors (Lipinski definition) is 4. The van der Waals surface area contributed by atoms with Crippen LogP contribution in [0.1, 0.15) is 26.2 Å². The number of unbranched alkanes of at least 4 members (excludes halogenated alkanes) is 1. The second-order valence-corrected chi connectivity index (χ2v) is 6.95. The minimum Gasteiger partial charge on any atom is -0.355 e. The van der Waals surface area contributed by atoms with E-state index in [0.29, 0.717) is 11.1 Å². The minimum atomic E-state index is 0. The van der Waals surface area contributed by atoms with Gasteiger partial charge in [0.25, 0.3) is 0 Å².